The Bertz CT molecular complexity index is 879. The van der Waals surface area contributed by atoms with Gasteiger partial charge < -0.3 is 16.5 Å². The lowest BCUT2D eigenvalue weighted by Gasteiger charge is -2.06. The van der Waals surface area contributed by atoms with Crippen molar-refractivity contribution in [3.05, 3.63) is 46.8 Å². The number of primary amides is 1. The van der Waals surface area contributed by atoms with Gasteiger partial charge in [-0.1, -0.05) is 0 Å². The summed E-state index contributed by atoms with van der Waals surface area (Å²) < 4.78 is 1.41. The molecule has 0 aliphatic carbocycles. The molecule has 2 aromatic heterocycles. The quantitative estimate of drug-likeness (QED) is 0.554. The van der Waals surface area contributed by atoms with Crippen LogP contribution in [-0.4, -0.2) is 25.7 Å². The van der Waals surface area contributed by atoms with Crippen LogP contribution in [0.4, 0.5) is 5.69 Å². The second-order valence-electron chi connectivity index (χ2n) is 4.20. The highest BCUT2D eigenvalue weighted by molar-refractivity contribution is 5.92. The minimum Gasteiger partial charge on any atom is -0.397 e. The predicted molar refractivity (Wildman–Crippen MR) is 72.4 cm³/mol. The van der Waals surface area contributed by atoms with E-state index >= 15 is 0 Å². The van der Waals surface area contributed by atoms with Crippen LogP contribution in [0.5, 0.6) is 0 Å². The van der Waals surface area contributed by atoms with E-state index in [1.54, 1.807) is 6.07 Å². The minimum atomic E-state index is -0.579. The average Bonchev–Trinajstić information content (AvgIpc) is 2.89. The van der Waals surface area contributed by atoms with Gasteiger partial charge in [0.05, 0.1) is 40.4 Å². The van der Waals surface area contributed by atoms with Crippen molar-refractivity contribution >= 4 is 22.5 Å². The number of hydrogen-bond donors (Lipinski definition) is 3. The van der Waals surface area contributed by atoms with Gasteiger partial charge >= 0.3 is 0 Å². The first-order valence-electron chi connectivity index (χ1n) is 5.68. The fraction of sp³-hybridized carbons (Fsp3) is 0. The number of aromatic amines is 1. The van der Waals surface area contributed by atoms with Gasteiger partial charge in [-0.2, -0.15) is 5.10 Å². The molecule has 20 heavy (non-hydrogen) atoms. The fourth-order valence-corrected chi connectivity index (χ4v) is 1.90. The molecule has 8 heteroatoms. The molecular formula is C12H10N6O2. The van der Waals surface area contributed by atoms with Gasteiger partial charge in [0.15, 0.2) is 0 Å². The maximum atomic E-state index is 11.6. The maximum absolute atomic E-state index is 11.6. The minimum absolute atomic E-state index is 0.267. The van der Waals surface area contributed by atoms with E-state index in [1.807, 2.05) is 0 Å². The molecule has 1 aromatic carbocycles. The van der Waals surface area contributed by atoms with E-state index in [0.717, 1.165) is 0 Å². The highest BCUT2D eigenvalue weighted by Gasteiger charge is 2.10. The van der Waals surface area contributed by atoms with Crippen LogP contribution in [0.15, 0.2) is 35.6 Å². The van der Waals surface area contributed by atoms with E-state index in [0.29, 0.717) is 22.3 Å². The summed E-state index contributed by atoms with van der Waals surface area (Å²) in [4.78, 5) is 29.2. The van der Waals surface area contributed by atoms with Crippen LogP contribution < -0.4 is 17.0 Å². The van der Waals surface area contributed by atoms with Crippen LogP contribution >= 0.6 is 0 Å². The molecule has 0 unspecified atom stereocenters. The predicted octanol–water partition coefficient (Wildman–Crippen LogP) is -0.210. The van der Waals surface area contributed by atoms with Crippen LogP contribution in [0.2, 0.25) is 0 Å². The summed E-state index contributed by atoms with van der Waals surface area (Å²) in [6, 6.07) is 3.14. The Labute approximate surface area is 112 Å². The Balaban J connectivity index is 2.23. The Morgan fingerprint density at radius 1 is 1.35 bits per heavy atom. The van der Waals surface area contributed by atoms with E-state index in [4.69, 9.17) is 11.5 Å². The number of carbonyl (C=O) groups excluding carboxylic acids is 1. The zero-order valence-electron chi connectivity index (χ0n) is 10.2. The van der Waals surface area contributed by atoms with Crippen LogP contribution in [-0.2, 0) is 0 Å². The normalized spacial score (nSPS) is 10.8. The number of hydrogen-bond acceptors (Lipinski definition) is 5. The van der Waals surface area contributed by atoms with Crippen molar-refractivity contribution in [1.82, 2.24) is 19.7 Å². The van der Waals surface area contributed by atoms with Gasteiger partial charge in [-0.05, 0) is 12.1 Å². The summed E-state index contributed by atoms with van der Waals surface area (Å²) >= 11 is 0. The van der Waals surface area contributed by atoms with Gasteiger partial charge in [0.25, 0.3) is 11.5 Å². The molecule has 0 aliphatic heterocycles. The Morgan fingerprint density at radius 2 is 2.15 bits per heavy atom. The van der Waals surface area contributed by atoms with Gasteiger partial charge in [-0.3, -0.25) is 9.59 Å². The summed E-state index contributed by atoms with van der Waals surface area (Å²) in [6.07, 6.45) is 4.12. The summed E-state index contributed by atoms with van der Waals surface area (Å²) in [5.74, 6) is -0.579. The maximum Gasteiger partial charge on any atom is 0.258 e. The van der Waals surface area contributed by atoms with Crippen molar-refractivity contribution in [2.45, 2.75) is 0 Å². The number of nitrogens with zero attached hydrogens (tertiary/aromatic N) is 3. The molecule has 5 N–H and O–H groups in total. The van der Waals surface area contributed by atoms with Gasteiger partial charge in [0.1, 0.15) is 0 Å². The molecule has 100 valence electrons. The third-order valence-electron chi connectivity index (χ3n) is 2.90. The van der Waals surface area contributed by atoms with E-state index < -0.39 is 5.91 Å². The molecule has 0 bridgehead atoms. The third kappa shape index (κ3) is 1.79. The SMILES string of the molecule is NC(=O)c1cnn(-c2cc3nc[nH]c(=O)c3cc2N)c1. The number of nitrogens with two attached hydrogens (primary N) is 2. The Kier molecular flexibility index (Phi) is 2.50. The summed E-state index contributed by atoms with van der Waals surface area (Å²) in [5.41, 5.74) is 12.4. The molecule has 0 saturated carbocycles. The number of anilines is 1. The van der Waals surface area contributed by atoms with Crippen LogP contribution in [0, 0.1) is 0 Å². The molecule has 1 amide bonds. The Morgan fingerprint density at radius 3 is 2.85 bits per heavy atom. The monoisotopic (exact) mass is 270 g/mol. The van der Waals surface area contributed by atoms with Gasteiger partial charge in [-0.15, -0.1) is 0 Å². The third-order valence-corrected chi connectivity index (χ3v) is 2.90. The van der Waals surface area contributed by atoms with Crippen LogP contribution in [0.1, 0.15) is 10.4 Å². The van der Waals surface area contributed by atoms with Crippen molar-refractivity contribution in [2.75, 3.05) is 5.73 Å². The van der Waals surface area contributed by atoms with Crippen molar-refractivity contribution in [3.8, 4) is 5.69 Å². The standard InChI is InChI=1S/C12H10N6O2/c13-8-1-7-9(15-5-16-12(7)20)2-10(8)18-4-6(3-17-18)11(14)19/h1-5H,13H2,(H2,14,19)(H,15,16,20). The second kappa shape index (κ2) is 4.19. The van der Waals surface area contributed by atoms with Crippen molar-refractivity contribution in [2.24, 2.45) is 5.73 Å². The van der Waals surface area contributed by atoms with Gasteiger partial charge in [0, 0.05) is 6.20 Å². The second-order valence-corrected chi connectivity index (χ2v) is 4.20. The first-order chi connectivity index (χ1) is 9.56. The molecule has 0 radical (unpaired) electrons. The number of rotatable bonds is 2. The van der Waals surface area contributed by atoms with Crippen molar-refractivity contribution in [1.29, 1.82) is 0 Å². The van der Waals surface area contributed by atoms with Crippen molar-refractivity contribution in [3.63, 3.8) is 0 Å². The first-order valence-corrected chi connectivity index (χ1v) is 5.68. The molecule has 3 rings (SSSR count). The smallest absolute Gasteiger partial charge is 0.258 e. The molecule has 2 heterocycles. The molecule has 0 fully saturated rings. The van der Waals surface area contributed by atoms with E-state index in [2.05, 4.69) is 15.1 Å². The lowest BCUT2D eigenvalue weighted by Crippen LogP contribution is -2.10. The molecule has 0 atom stereocenters. The van der Waals surface area contributed by atoms with E-state index in [-0.39, 0.29) is 11.1 Å². The fourth-order valence-electron chi connectivity index (χ4n) is 1.90. The van der Waals surface area contributed by atoms with Crippen LogP contribution in [0.25, 0.3) is 16.6 Å². The summed E-state index contributed by atoms with van der Waals surface area (Å²) in [5, 5.41) is 4.41. The summed E-state index contributed by atoms with van der Waals surface area (Å²) in [6.45, 7) is 0. The molecule has 0 saturated heterocycles. The number of aromatic nitrogens is 4. The van der Waals surface area contributed by atoms with Crippen molar-refractivity contribution < 1.29 is 4.79 Å². The lowest BCUT2D eigenvalue weighted by molar-refractivity contribution is 0.100. The number of benzene rings is 1. The van der Waals surface area contributed by atoms with Gasteiger partial charge in [0.2, 0.25) is 0 Å². The van der Waals surface area contributed by atoms with E-state index in [9.17, 15) is 9.59 Å². The highest BCUT2D eigenvalue weighted by Crippen LogP contribution is 2.21. The zero-order chi connectivity index (χ0) is 14.3. The molecule has 0 aliphatic rings. The zero-order valence-corrected chi connectivity index (χ0v) is 10.2. The van der Waals surface area contributed by atoms with Gasteiger partial charge in [-0.25, -0.2) is 9.67 Å². The number of amides is 1. The van der Waals surface area contributed by atoms with E-state index in [1.165, 1.54) is 29.5 Å². The average molecular weight is 270 g/mol. The Hall–Kier alpha value is -3.16. The largest absolute Gasteiger partial charge is 0.397 e. The molecule has 8 nitrogen and oxygen atoms in total. The number of carbonyl (C=O) groups is 1. The number of nitrogen functional groups attached to an aromatic ring is 1. The number of H-pyrrole nitrogens is 1. The molecular weight excluding hydrogens is 260 g/mol. The lowest BCUT2D eigenvalue weighted by atomic mass is 10.2. The highest BCUT2D eigenvalue weighted by atomic mass is 16.1. The molecule has 3 aromatic rings. The topological polar surface area (TPSA) is 133 Å². The summed E-state index contributed by atoms with van der Waals surface area (Å²) in [7, 11) is 0. The number of fused-ring (bicyclic) bond motifs is 1. The number of nitrogens with one attached hydrogen (secondary N) is 1. The first kappa shape index (κ1) is 11.9. The molecule has 0 spiro atoms. The van der Waals surface area contributed by atoms with Crippen LogP contribution in [0.3, 0.4) is 0 Å².